The summed E-state index contributed by atoms with van der Waals surface area (Å²) >= 11 is 0. The van der Waals surface area contributed by atoms with E-state index in [-0.39, 0.29) is 0 Å². The minimum atomic E-state index is 0.482. The van der Waals surface area contributed by atoms with Crippen molar-refractivity contribution in [2.24, 2.45) is 0 Å². The first-order chi connectivity index (χ1) is 11.3. The molecule has 4 rings (SSSR count). The Balaban J connectivity index is 1.95. The average molecular weight is 308 g/mol. The van der Waals surface area contributed by atoms with Gasteiger partial charge in [-0.15, -0.1) is 0 Å². The summed E-state index contributed by atoms with van der Waals surface area (Å²) in [6, 6.07) is 7.99. The van der Waals surface area contributed by atoms with E-state index in [1.165, 1.54) is 0 Å². The number of pyridine rings is 1. The molecule has 0 saturated carbocycles. The van der Waals surface area contributed by atoms with Crippen LogP contribution >= 0.6 is 0 Å². The molecule has 0 aliphatic carbocycles. The summed E-state index contributed by atoms with van der Waals surface area (Å²) in [5.41, 5.74) is 9.80. The number of fused-ring (bicyclic) bond motifs is 3. The predicted molar refractivity (Wildman–Crippen MR) is 88.9 cm³/mol. The molecule has 3 heterocycles. The number of benzene rings is 1. The van der Waals surface area contributed by atoms with Crippen LogP contribution in [0, 0.1) is 0 Å². The third-order valence-corrected chi connectivity index (χ3v) is 3.91. The summed E-state index contributed by atoms with van der Waals surface area (Å²) < 4.78 is 7.07. The molecule has 0 spiro atoms. The van der Waals surface area contributed by atoms with Crippen LogP contribution in [0.2, 0.25) is 0 Å². The maximum atomic E-state index is 6.12. The Morgan fingerprint density at radius 1 is 1.26 bits per heavy atom. The number of aromatic amines is 1. The van der Waals surface area contributed by atoms with Crippen molar-refractivity contribution >= 4 is 27.6 Å². The number of anilines is 1. The fraction of sp³-hybridized carbons (Fsp3) is 0.188. The molecule has 0 unspecified atom stereocenters. The number of methoxy groups -OCH3 is 1. The van der Waals surface area contributed by atoms with E-state index in [0.29, 0.717) is 19.0 Å². The van der Waals surface area contributed by atoms with Crippen molar-refractivity contribution < 1.29 is 4.74 Å². The van der Waals surface area contributed by atoms with Gasteiger partial charge in [0.05, 0.1) is 41.5 Å². The van der Waals surface area contributed by atoms with Crippen LogP contribution in [0.1, 0.15) is 0 Å². The zero-order valence-corrected chi connectivity index (χ0v) is 12.7. The van der Waals surface area contributed by atoms with Gasteiger partial charge in [0.1, 0.15) is 5.82 Å². The summed E-state index contributed by atoms with van der Waals surface area (Å²) in [7, 11) is 1.68. The van der Waals surface area contributed by atoms with Gasteiger partial charge >= 0.3 is 0 Å². The van der Waals surface area contributed by atoms with Gasteiger partial charge in [-0.25, -0.2) is 4.98 Å². The summed E-state index contributed by atoms with van der Waals surface area (Å²) in [6.07, 6.45) is 3.55. The Labute approximate surface area is 132 Å². The van der Waals surface area contributed by atoms with E-state index < -0.39 is 0 Å². The maximum absolute atomic E-state index is 6.12. The van der Waals surface area contributed by atoms with Gasteiger partial charge in [-0.1, -0.05) is 6.07 Å². The van der Waals surface area contributed by atoms with E-state index in [2.05, 4.69) is 20.3 Å². The lowest BCUT2D eigenvalue weighted by Gasteiger charge is -2.08. The van der Waals surface area contributed by atoms with Gasteiger partial charge in [0.15, 0.2) is 0 Å². The van der Waals surface area contributed by atoms with E-state index in [4.69, 9.17) is 10.5 Å². The highest BCUT2D eigenvalue weighted by atomic mass is 16.5. The molecule has 0 atom stereocenters. The Hall–Kier alpha value is -2.93. The number of hydrogen-bond donors (Lipinski definition) is 2. The third kappa shape index (κ3) is 2.22. The fourth-order valence-corrected chi connectivity index (χ4v) is 2.80. The number of nitrogens with zero attached hydrogens (tertiary/aromatic N) is 4. The van der Waals surface area contributed by atoms with Crippen LogP contribution in [-0.4, -0.2) is 38.7 Å². The smallest absolute Gasteiger partial charge is 0.135 e. The SMILES string of the molecule is COCCn1ncc2c(N)nc3cc(-c4cc[nH]n4)ccc3c21. The number of nitrogens with one attached hydrogen (secondary N) is 1. The van der Waals surface area contributed by atoms with E-state index in [0.717, 1.165) is 33.1 Å². The third-order valence-electron chi connectivity index (χ3n) is 3.91. The highest BCUT2D eigenvalue weighted by Gasteiger charge is 2.13. The van der Waals surface area contributed by atoms with Crippen molar-refractivity contribution in [3.63, 3.8) is 0 Å². The lowest BCUT2D eigenvalue weighted by molar-refractivity contribution is 0.185. The van der Waals surface area contributed by atoms with Crippen molar-refractivity contribution in [3.8, 4) is 11.3 Å². The first-order valence-corrected chi connectivity index (χ1v) is 7.32. The van der Waals surface area contributed by atoms with Crippen molar-refractivity contribution in [1.29, 1.82) is 0 Å². The minimum Gasteiger partial charge on any atom is -0.383 e. The number of aromatic nitrogens is 5. The zero-order valence-electron chi connectivity index (χ0n) is 12.7. The van der Waals surface area contributed by atoms with E-state index in [9.17, 15) is 0 Å². The topological polar surface area (TPSA) is 94.6 Å². The summed E-state index contributed by atoms with van der Waals surface area (Å²) in [4.78, 5) is 4.52. The molecule has 0 saturated heterocycles. The first-order valence-electron chi connectivity index (χ1n) is 7.32. The second-order valence-electron chi connectivity index (χ2n) is 5.31. The average Bonchev–Trinajstić information content (AvgIpc) is 3.22. The minimum absolute atomic E-state index is 0.482. The van der Waals surface area contributed by atoms with E-state index in [1.54, 1.807) is 19.5 Å². The number of rotatable bonds is 4. The highest BCUT2D eigenvalue weighted by Crippen LogP contribution is 2.30. The molecule has 0 amide bonds. The molecule has 0 fully saturated rings. The molecule has 4 aromatic rings. The second-order valence-corrected chi connectivity index (χ2v) is 5.31. The van der Waals surface area contributed by atoms with E-state index in [1.807, 2.05) is 28.9 Å². The Morgan fingerprint density at radius 2 is 2.17 bits per heavy atom. The number of H-pyrrole nitrogens is 1. The Morgan fingerprint density at radius 3 is 2.96 bits per heavy atom. The van der Waals surface area contributed by atoms with Gasteiger partial charge in [-0.05, 0) is 18.2 Å². The van der Waals surface area contributed by atoms with Crippen molar-refractivity contribution in [1.82, 2.24) is 25.0 Å². The highest BCUT2D eigenvalue weighted by molar-refractivity contribution is 6.08. The molecule has 3 N–H and O–H groups in total. The number of ether oxygens (including phenoxy) is 1. The van der Waals surface area contributed by atoms with Crippen molar-refractivity contribution in [3.05, 3.63) is 36.7 Å². The molecular formula is C16H16N6O. The summed E-state index contributed by atoms with van der Waals surface area (Å²) in [5, 5.41) is 13.3. The lowest BCUT2D eigenvalue weighted by atomic mass is 10.1. The number of hydrogen-bond acceptors (Lipinski definition) is 5. The van der Waals surface area contributed by atoms with Crippen LogP contribution in [-0.2, 0) is 11.3 Å². The quantitative estimate of drug-likeness (QED) is 0.602. The lowest BCUT2D eigenvalue weighted by Crippen LogP contribution is -2.06. The molecule has 23 heavy (non-hydrogen) atoms. The number of nitrogen functional groups attached to an aromatic ring is 1. The number of nitrogens with two attached hydrogens (primary N) is 1. The van der Waals surface area contributed by atoms with Gasteiger partial charge in [-0.3, -0.25) is 9.78 Å². The molecular weight excluding hydrogens is 292 g/mol. The van der Waals surface area contributed by atoms with Crippen LogP contribution < -0.4 is 5.73 Å². The van der Waals surface area contributed by atoms with Gasteiger partial charge in [-0.2, -0.15) is 10.2 Å². The van der Waals surface area contributed by atoms with Crippen LogP contribution in [0.4, 0.5) is 5.82 Å². The maximum Gasteiger partial charge on any atom is 0.135 e. The molecule has 1 aromatic carbocycles. The Kier molecular flexibility index (Phi) is 3.20. The van der Waals surface area contributed by atoms with E-state index >= 15 is 0 Å². The van der Waals surface area contributed by atoms with Gasteiger partial charge in [0.25, 0.3) is 0 Å². The molecule has 7 heteroatoms. The molecule has 116 valence electrons. The Bertz CT molecular complexity index is 973. The van der Waals surface area contributed by atoms with Crippen molar-refractivity contribution in [2.75, 3.05) is 19.5 Å². The zero-order chi connectivity index (χ0) is 15.8. The molecule has 0 bridgehead atoms. The first kappa shape index (κ1) is 13.7. The van der Waals surface area contributed by atoms with Crippen LogP contribution in [0.25, 0.3) is 33.1 Å². The van der Waals surface area contributed by atoms with Gasteiger partial charge < -0.3 is 10.5 Å². The molecule has 0 aliphatic heterocycles. The standard InChI is InChI=1S/C16H16N6O/c1-23-7-6-22-15-11-3-2-10(13-4-5-18-21-13)8-14(11)20-16(17)12(15)9-19-22/h2-5,8-9H,6-7H2,1H3,(H2,17,20)(H,18,21). The van der Waals surface area contributed by atoms with Gasteiger partial charge in [0, 0.05) is 24.3 Å². The molecule has 3 aromatic heterocycles. The summed E-state index contributed by atoms with van der Waals surface area (Å²) in [6.45, 7) is 1.26. The van der Waals surface area contributed by atoms with Gasteiger partial charge in [0.2, 0.25) is 0 Å². The summed E-state index contributed by atoms with van der Waals surface area (Å²) in [5.74, 6) is 0.482. The fourth-order valence-electron chi connectivity index (χ4n) is 2.80. The predicted octanol–water partition coefficient (Wildman–Crippen LogP) is 2.20. The second kappa shape index (κ2) is 5.36. The largest absolute Gasteiger partial charge is 0.383 e. The van der Waals surface area contributed by atoms with Crippen LogP contribution in [0.5, 0.6) is 0 Å². The van der Waals surface area contributed by atoms with Crippen molar-refractivity contribution in [2.45, 2.75) is 6.54 Å². The van der Waals surface area contributed by atoms with Crippen LogP contribution in [0.3, 0.4) is 0 Å². The molecule has 0 aliphatic rings. The van der Waals surface area contributed by atoms with Crippen LogP contribution in [0.15, 0.2) is 36.7 Å². The molecule has 0 radical (unpaired) electrons. The monoisotopic (exact) mass is 308 g/mol. The normalized spacial score (nSPS) is 11.5. The molecule has 7 nitrogen and oxygen atoms in total.